The maximum atomic E-state index is 12.8. The fraction of sp³-hybridized carbons (Fsp3) is 0.909. The van der Waals surface area contributed by atoms with E-state index in [1.165, 1.54) is 0 Å². The largest absolute Gasteiger partial charge is 0.481 e. The van der Waals surface area contributed by atoms with Gasteiger partial charge in [-0.05, 0) is 118 Å². The second kappa shape index (κ2) is 12.1. The number of aliphatic hydroxyl groups is 2. The molecule has 1 amide bonds. The number of carboxylic acids is 1. The van der Waals surface area contributed by atoms with Crippen LogP contribution >= 0.6 is 0 Å². The molecule has 4 fully saturated rings. The lowest BCUT2D eigenvalue weighted by Crippen LogP contribution is -2.62. The van der Waals surface area contributed by atoms with Crippen molar-refractivity contribution in [2.24, 2.45) is 51.8 Å². The molecule has 41 heavy (non-hydrogen) atoms. The van der Waals surface area contributed by atoms with E-state index in [1.807, 2.05) is 20.8 Å². The maximum Gasteiger partial charge on any atom is 0.311 e. The molecule has 0 aromatic rings. The number of aliphatic hydroxyl groups excluding tert-OH is 2. The van der Waals surface area contributed by atoms with Crippen LogP contribution in [-0.4, -0.2) is 58.0 Å². The Kier molecular flexibility index (Phi) is 9.55. The zero-order valence-electron chi connectivity index (χ0n) is 26.2. The molecule has 0 spiro atoms. The van der Waals surface area contributed by atoms with Crippen molar-refractivity contribution in [3.05, 3.63) is 0 Å². The van der Waals surface area contributed by atoms with Crippen LogP contribution in [0.1, 0.15) is 112 Å². The molecule has 8 heteroatoms. The van der Waals surface area contributed by atoms with Crippen molar-refractivity contribution in [3.8, 4) is 0 Å². The van der Waals surface area contributed by atoms with Crippen LogP contribution in [0.5, 0.6) is 0 Å². The van der Waals surface area contributed by atoms with E-state index < -0.39 is 23.6 Å². The molecule has 4 aliphatic carbocycles. The van der Waals surface area contributed by atoms with Gasteiger partial charge in [0.25, 0.3) is 0 Å². The van der Waals surface area contributed by atoms with Crippen LogP contribution in [0.3, 0.4) is 0 Å². The molecule has 0 heterocycles. The molecule has 0 radical (unpaired) electrons. The normalized spacial score (nSPS) is 41.0. The number of nitrogens with one attached hydrogen (secondary N) is 1. The number of ether oxygens (including phenoxy) is 1. The number of carboxylic acid groups (broad SMARTS) is 1. The number of hydrogen-bond donors (Lipinski definition) is 4. The van der Waals surface area contributed by atoms with Crippen LogP contribution in [0.25, 0.3) is 0 Å². The first-order valence-electron chi connectivity index (χ1n) is 16.2. The zero-order chi connectivity index (χ0) is 30.3. The monoisotopic (exact) mass is 577 g/mol. The van der Waals surface area contributed by atoms with Gasteiger partial charge in [-0.25, -0.2) is 0 Å². The SMILES string of the molecule is CCC(C)(C)C(=O)OC1CCC2(C)C(C1)CC(O)C1C2CC(O)C2(C)C(C(C)CCC(=O)NCCC(=O)O)CCC12. The van der Waals surface area contributed by atoms with Crippen LogP contribution in [0, 0.1) is 51.8 Å². The van der Waals surface area contributed by atoms with Crippen molar-refractivity contribution < 1.29 is 34.4 Å². The van der Waals surface area contributed by atoms with Gasteiger partial charge in [0.05, 0.1) is 24.0 Å². The molecule has 8 nitrogen and oxygen atoms in total. The fourth-order valence-electron chi connectivity index (χ4n) is 9.63. The Morgan fingerprint density at radius 1 is 1.02 bits per heavy atom. The lowest BCUT2D eigenvalue weighted by atomic mass is 9.43. The number of hydrogen-bond acceptors (Lipinski definition) is 6. The van der Waals surface area contributed by atoms with E-state index in [1.54, 1.807) is 0 Å². The topological polar surface area (TPSA) is 133 Å². The van der Waals surface area contributed by atoms with Gasteiger partial charge < -0.3 is 25.4 Å². The van der Waals surface area contributed by atoms with E-state index in [0.717, 1.165) is 44.9 Å². The number of rotatable bonds is 10. The highest BCUT2D eigenvalue weighted by atomic mass is 16.5. The van der Waals surface area contributed by atoms with Gasteiger partial charge in [-0.15, -0.1) is 0 Å². The molecule has 11 unspecified atom stereocenters. The van der Waals surface area contributed by atoms with Crippen molar-refractivity contribution >= 4 is 17.8 Å². The molecule has 4 aliphatic rings. The fourth-order valence-corrected chi connectivity index (χ4v) is 9.63. The van der Waals surface area contributed by atoms with Crippen LogP contribution < -0.4 is 5.32 Å². The molecule has 234 valence electrons. The van der Waals surface area contributed by atoms with Crippen LogP contribution in [-0.2, 0) is 19.1 Å². The maximum absolute atomic E-state index is 12.8. The highest BCUT2D eigenvalue weighted by Crippen LogP contribution is 2.68. The van der Waals surface area contributed by atoms with Crippen LogP contribution in [0.15, 0.2) is 0 Å². The third-order valence-corrected chi connectivity index (χ3v) is 12.7. The Bertz CT molecular complexity index is 983. The van der Waals surface area contributed by atoms with Crippen molar-refractivity contribution in [1.82, 2.24) is 5.32 Å². The summed E-state index contributed by atoms with van der Waals surface area (Å²) in [5, 5.41) is 35.0. The summed E-state index contributed by atoms with van der Waals surface area (Å²) < 4.78 is 6.01. The summed E-state index contributed by atoms with van der Waals surface area (Å²) in [5.74, 6) is 0.225. The second-order valence-corrected chi connectivity index (χ2v) is 15.1. The lowest BCUT2D eigenvalue weighted by molar-refractivity contribution is -0.210. The molecule has 4 rings (SSSR count). The molecule has 0 saturated heterocycles. The third-order valence-electron chi connectivity index (χ3n) is 12.7. The van der Waals surface area contributed by atoms with Crippen molar-refractivity contribution in [2.75, 3.05) is 6.54 Å². The van der Waals surface area contributed by atoms with Crippen LogP contribution in [0.2, 0.25) is 0 Å². The van der Waals surface area contributed by atoms with Gasteiger partial charge in [0, 0.05) is 13.0 Å². The Hall–Kier alpha value is -1.67. The predicted molar refractivity (Wildman–Crippen MR) is 156 cm³/mol. The van der Waals surface area contributed by atoms with E-state index in [0.29, 0.717) is 19.3 Å². The standard InChI is InChI=1S/C33H55NO7/c1-7-31(3,4)30(40)41-21-12-14-32(5)20(16-21)17-25(35)29-23-10-9-22(33(23,6)26(36)18-24(29)32)19(2)8-11-27(37)34-15-13-28(38)39/h19-26,29,35-36H,7-18H2,1-6H3,(H,34,37)(H,38,39). The zero-order valence-corrected chi connectivity index (χ0v) is 26.2. The summed E-state index contributed by atoms with van der Waals surface area (Å²) in [6.07, 6.45) is 6.67. The molecular weight excluding hydrogens is 522 g/mol. The number of carbonyl (C=O) groups excluding carboxylic acids is 2. The quantitative estimate of drug-likeness (QED) is 0.270. The second-order valence-electron chi connectivity index (χ2n) is 15.1. The van der Waals surface area contributed by atoms with Crippen molar-refractivity contribution in [1.29, 1.82) is 0 Å². The number of amides is 1. The van der Waals surface area contributed by atoms with Gasteiger partial charge in [0.2, 0.25) is 5.91 Å². The number of fused-ring (bicyclic) bond motifs is 5. The highest BCUT2D eigenvalue weighted by Gasteiger charge is 2.65. The first-order chi connectivity index (χ1) is 19.1. The van der Waals surface area contributed by atoms with Gasteiger partial charge in [-0.2, -0.15) is 0 Å². The Morgan fingerprint density at radius 3 is 2.39 bits per heavy atom. The summed E-state index contributed by atoms with van der Waals surface area (Å²) in [5.41, 5.74) is -0.785. The Morgan fingerprint density at radius 2 is 1.73 bits per heavy atom. The minimum Gasteiger partial charge on any atom is -0.481 e. The molecule has 0 bridgehead atoms. The van der Waals surface area contributed by atoms with E-state index in [2.05, 4.69) is 26.1 Å². The van der Waals surface area contributed by atoms with Gasteiger partial charge in [-0.1, -0.05) is 27.7 Å². The molecule has 0 aliphatic heterocycles. The highest BCUT2D eigenvalue weighted by molar-refractivity contribution is 5.77. The molecule has 0 aromatic carbocycles. The van der Waals surface area contributed by atoms with Gasteiger partial charge in [0.15, 0.2) is 0 Å². The third kappa shape index (κ3) is 6.07. The van der Waals surface area contributed by atoms with E-state index in [9.17, 15) is 24.6 Å². The minimum atomic E-state index is -0.925. The average Bonchev–Trinajstić information content (AvgIpc) is 3.26. The summed E-state index contributed by atoms with van der Waals surface area (Å²) in [4.78, 5) is 35.8. The van der Waals surface area contributed by atoms with E-state index >= 15 is 0 Å². The van der Waals surface area contributed by atoms with E-state index in [-0.39, 0.29) is 77.3 Å². The first-order valence-corrected chi connectivity index (χ1v) is 16.2. The van der Waals surface area contributed by atoms with E-state index in [4.69, 9.17) is 9.84 Å². The van der Waals surface area contributed by atoms with Crippen molar-refractivity contribution in [2.45, 2.75) is 130 Å². The summed E-state index contributed by atoms with van der Waals surface area (Å²) in [6.45, 7) is 12.8. The molecule has 0 aromatic heterocycles. The molecular formula is C33H55NO7. The lowest BCUT2D eigenvalue weighted by Gasteiger charge is -2.63. The van der Waals surface area contributed by atoms with Gasteiger partial charge in [-0.3, -0.25) is 14.4 Å². The molecule has 11 atom stereocenters. The molecule has 4 saturated carbocycles. The summed E-state index contributed by atoms with van der Waals surface area (Å²) in [7, 11) is 0. The number of esters is 1. The first kappa shape index (κ1) is 32.2. The minimum absolute atomic E-state index is 0.00708. The predicted octanol–water partition coefficient (Wildman–Crippen LogP) is 4.94. The summed E-state index contributed by atoms with van der Waals surface area (Å²) >= 11 is 0. The average molecular weight is 578 g/mol. The smallest absolute Gasteiger partial charge is 0.311 e. The Labute approximate surface area is 246 Å². The van der Waals surface area contributed by atoms with Gasteiger partial charge >= 0.3 is 11.9 Å². The Balaban J connectivity index is 1.43. The van der Waals surface area contributed by atoms with Crippen molar-refractivity contribution in [3.63, 3.8) is 0 Å². The number of aliphatic carboxylic acids is 1. The summed E-state index contributed by atoms with van der Waals surface area (Å²) in [6, 6.07) is 0. The number of carbonyl (C=O) groups is 3. The van der Waals surface area contributed by atoms with Gasteiger partial charge in [0.1, 0.15) is 6.10 Å². The van der Waals surface area contributed by atoms with Crippen LogP contribution in [0.4, 0.5) is 0 Å². The molecule has 4 N–H and O–H groups in total.